The Morgan fingerprint density at radius 1 is 1.07 bits per heavy atom. The number of benzene rings is 2. The van der Waals surface area contributed by atoms with E-state index >= 15 is 0 Å². The van der Waals surface area contributed by atoms with Gasteiger partial charge in [-0.2, -0.15) is 0 Å². The molecule has 1 saturated heterocycles. The summed E-state index contributed by atoms with van der Waals surface area (Å²) in [7, 11) is 0. The van der Waals surface area contributed by atoms with Gasteiger partial charge in [-0.15, -0.1) is 23.5 Å². The average molecular weight is 401 g/mol. The molecule has 3 rings (SSSR count). The first-order valence-electron chi connectivity index (χ1n) is 9.59. The van der Waals surface area contributed by atoms with Crippen molar-refractivity contribution in [3.8, 4) is 0 Å². The number of amides is 1. The molecule has 1 N–H and O–H groups in total. The molecular formula is C22H28N2OS2. The van der Waals surface area contributed by atoms with Gasteiger partial charge in [0.15, 0.2) is 0 Å². The normalized spacial score (nSPS) is 15.0. The maximum atomic E-state index is 12.6. The number of rotatable bonds is 6. The highest BCUT2D eigenvalue weighted by Gasteiger charge is 2.17. The monoisotopic (exact) mass is 400 g/mol. The summed E-state index contributed by atoms with van der Waals surface area (Å²) in [5.74, 6) is 2.39. The zero-order valence-electron chi connectivity index (χ0n) is 16.3. The summed E-state index contributed by atoms with van der Waals surface area (Å²) in [6.45, 7) is 7.50. The molecule has 1 amide bonds. The van der Waals surface area contributed by atoms with Crippen LogP contribution in [0.4, 0.5) is 11.4 Å². The zero-order chi connectivity index (χ0) is 19.2. The van der Waals surface area contributed by atoms with Gasteiger partial charge in [0.1, 0.15) is 0 Å². The third-order valence-corrected chi connectivity index (χ3v) is 7.71. The fourth-order valence-electron chi connectivity index (χ4n) is 3.26. The van der Waals surface area contributed by atoms with E-state index in [9.17, 15) is 4.79 Å². The number of thioether (sulfide) groups is 2. The Kier molecular flexibility index (Phi) is 7.13. The number of nitrogens with one attached hydrogen (secondary N) is 1. The molecule has 1 aliphatic rings. The third kappa shape index (κ3) is 5.23. The molecular weight excluding hydrogens is 372 g/mol. The van der Waals surface area contributed by atoms with Crippen LogP contribution in [-0.2, 0) is 0 Å². The molecule has 0 atom stereocenters. The van der Waals surface area contributed by atoms with Gasteiger partial charge < -0.3 is 10.2 Å². The van der Waals surface area contributed by atoms with Crippen LogP contribution in [0.1, 0.15) is 47.7 Å². The van der Waals surface area contributed by atoms with Gasteiger partial charge >= 0.3 is 0 Å². The SMILES string of the molecule is CCN(c1ccc(NC(=O)c2ccc(C3SCCCS3)cc2)cc1)C(C)C. The van der Waals surface area contributed by atoms with E-state index in [0.29, 0.717) is 16.2 Å². The minimum Gasteiger partial charge on any atom is -0.369 e. The minimum atomic E-state index is -0.0607. The average Bonchev–Trinajstić information content (AvgIpc) is 2.70. The number of carbonyl (C=O) groups is 1. The van der Waals surface area contributed by atoms with Gasteiger partial charge in [-0.25, -0.2) is 0 Å². The van der Waals surface area contributed by atoms with Gasteiger partial charge in [0.05, 0.1) is 4.58 Å². The fourth-order valence-corrected chi connectivity index (χ4v) is 6.15. The Bertz CT molecular complexity index is 738. The summed E-state index contributed by atoms with van der Waals surface area (Å²) >= 11 is 4.00. The lowest BCUT2D eigenvalue weighted by molar-refractivity contribution is 0.102. The van der Waals surface area contributed by atoms with E-state index in [1.54, 1.807) is 0 Å². The smallest absolute Gasteiger partial charge is 0.255 e. The van der Waals surface area contributed by atoms with Crippen molar-refractivity contribution in [1.82, 2.24) is 0 Å². The second kappa shape index (κ2) is 9.56. The number of hydrogen-bond donors (Lipinski definition) is 1. The van der Waals surface area contributed by atoms with E-state index in [1.807, 2.05) is 47.8 Å². The van der Waals surface area contributed by atoms with Gasteiger partial charge in [0.25, 0.3) is 5.91 Å². The first-order valence-corrected chi connectivity index (χ1v) is 11.7. The maximum absolute atomic E-state index is 12.6. The molecule has 1 heterocycles. The van der Waals surface area contributed by atoms with E-state index in [-0.39, 0.29) is 5.91 Å². The predicted molar refractivity (Wildman–Crippen MR) is 121 cm³/mol. The van der Waals surface area contributed by atoms with Gasteiger partial charge in [-0.1, -0.05) is 12.1 Å². The highest BCUT2D eigenvalue weighted by Crippen LogP contribution is 2.43. The second-order valence-electron chi connectivity index (χ2n) is 6.93. The zero-order valence-corrected chi connectivity index (χ0v) is 17.9. The second-order valence-corrected chi connectivity index (χ2v) is 9.65. The van der Waals surface area contributed by atoms with Crippen molar-refractivity contribution in [2.45, 2.75) is 37.8 Å². The van der Waals surface area contributed by atoms with Crippen LogP contribution in [0, 0.1) is 0 Å². The molecule has 0 radical (unpaired) electrons. The van der Waals surface area contributed by atoms with Crippen molar-refractivity contribution >= 4 is 40.8 Å². The number of nitrogens with zero attached hydrogens (tertiary/aromatic N) is 1. The molecule has 144 valence electrons. The first-order chi connectivity index (χ1) is 13.1. The summed E-state index contributed by atoms with van der Waals surface area (Å²) < 4.78 is 0.505. The Labute approximate surface area is 171 Å². The molecule has 1 fully saturated rings. The Hall–Kier alpha value is -1.59. The third-order valence-electron chi connectivity index (χ3n) is 4.69. The van der Waals surface area contributed by atoms with Crippen LogP contribution in [-0.4, -0.2) is 30.0 Å². The number of carbonyl (C=O) groups excluding carboxylic acids is 1. The quantitative estimate of drug-likeness (QED) is 0.640. The van der Waals surface area contributed by atoms with Crippen molar-refractivity contribution < 1.29 is 4.79 Å². The molecule has 2 aromatic rings. The first kappa shape index (κ1) is 20.2. The topological polar surface area (TPSA) is 32.3 Å². The van der Waals surface area contributed by atoms with Crippen LogP contribution < -0.4 is 10.2 Å². The van der Waals surface area contributed by atoms with Crippen LogP contribution in [0.25, 0.3) is 0 Å². The predicted octanol–water partition coefficient (Wildman–Crippen LogP) is 6.04. The molecule has 0 spiro atoms. The van der Waals surface area contributed by atoms with Crippen LogP contribution in [0.5, 0.6) is 0 Å². The van der Waals surface area contributed by atoms with Crippen LogP contribution >= 0.6 is 23.5 Å². The minimum absolute atomic E-state index is 0.0607. The van der Waals surface area contributed by atoms with Crippen LogP contribution in [0.2, 0.25) is 0 Å². The van der Waals surface area contributed by atoms with E-state index in [4.69, 9.17) is 0 Å². The molecule has 1 aliphatic heterocycles. The van der Waals surface area contributed by atoms with Gasteiger partial charge in [0.2, 0.25) is 0 Å². The van der Waals surface area contributed by atoms with Crippen molar-refractivity contribution in [3.05, 3.63) is 59.7 Å². The largest absolute Gasteiger partial charge is 0.369 e. The fraction of sp³-hybridized carbons (Fsp3) is 0.409. The van der Waals surface area contributed by atoms with E-state index in [1.165, 1.54) is 29.2 Å². The van der Waals surface area contributed by atoms with E-state index in [2.05, 4.69) is 55.3 Å². The van der Waals surface area contributed by atoms with E-state index < -0.39 is 0 Å². The summed E-state index contributed by atoms with van der Waals surface area (Å²) in [4.78, 5) is 14.9. The molecule has 5 heteroatoms. The van der Waals surface area contributed by atoms with Crippen molar-refractivity contribution in [1.29, 1.82) is 0 Å². The molecule has 0 aliphatic carbocycles. The molecule has 0 saturated carbocycles. The molecule has 2 aromatic carbocycles. The van der Waals surface area contributed by atoms with Crippen molar-refractivity contribution in [2.24, 2.45) is 0 Å². The Morgan fingerprint density at radius 2 is 1.70 bits per heavy atom. The molecule has 27 heavy (non-hydrogen) atoms. The standard InChI is InChI=1S/C22H28N2OS2/c1-4-24(16(2)3)20-12-10-19(11-13-20)23-21(25)17-6-8-18(9-7-17)22-26-14-5-15-27-22/h6-13,16,22H,4-5,14-15H2,1-3H3,(H,23,25). The van der Waals surface area contributed by atoms with Crippen LogP contribution in [0.3, 0.4) is 0 Å². The summed E-state index contributed by atoms with van der Waals surface area (Å²) in [6.07, 6.45) is 1.29. The van der Waals surface area contributed by atoms with E-state index in [0.717, 1.165) is 12.2 Å². The van der Waals surface area contributed by atoms with Gasteiger partial charge in [-0.05, 0) is 80.7 Å². The Morgan fingerprint density at radius 3 is 2.26 bits per heavy atom. The number of hydrogen-bond acceptors (Lipinski definition) is 4. The van der Waals surface area contributed by atoms with Gasteiger partial charge in [0, 0.05) is 29.5 Å². The summed E-state index contributed by atoms with van der Waals surface area (Å²) in [5.41, 5.74) is 4.01. The highest BCUT2D eigenvalue weighted by molar-refractivity contribution is 8.16. The molecule has 0 unspecified atom stereocenters. The lowest BCUT2D eigenvalue weighted by Gasteiger charge is -2.27. The van der Waals surface area contributed by atoms with Crippen LogP contribution in [0.15, 0.2) is 48.5 Å². The molecule has 0 aromatic heterocycles. The summed E-state index contributed by atoms with van der Waals surface area (Å²) in [5, 5.41) is 3.00. The lowest BCUT2D eigenvalue weighted by Crippen LogP contribution is -2.30. The Balaban J connectivity index is 1.63. The number of anilines is 2. The maximum Gasteiger partial charge on any atom is 0.255 e. The molecule has 3 nitrogen and oxygen atoms in total. The molecule has 0 bridgehead atoms. The highest BCUT2D eigenvalue weighted by atomic mass is 32.2. The summed E-state index contributed by atoms with van der Waals surface area (Å²) in [6, 6.07) is 16.6. The lowest BCUT2D eigenvalue weighted by atomic mass is 10.1. The van der Waals surface area contributed by atoms with Crippen molar-refractivity contribution in [3.63, 3.8) is 0 Å². The van der Waals surface area contributed by atoms with Gasteiger partial charge in [-0.3, -0.25) is 4.79 Å². The van der Waals surface area contributed by atoms with Crippen molar-refractivity contribution in [2.75, 3.05) is 28.3 Å².